The van der Waals surface area contributed by atoms with E-state index in [0.29, 0.717) is 0 Å². The molecule has 5 nitrogen and oxygen atoms in total. The molecule has 6 heteroatoms. The predicted octanol–water partition coefficient (Wildman–Crippen LogP) is 3.98. The molecular weight excluding hydrogens is 350 g/mol. The van der Waals surface area contributed by atoms with Crippen molar-refractivity contribution in [3.63, 3.8) is 0 Å². The number of hydrogen-bond acceptors (Lipinski definition) is 4. The van der Waals surface area contributed by atoms with Crippen LogP contribution in [0, 0.1) is 0 Å². The lowest BCUT2D eigenvalue weighted by Crippen LogP contribution is -2.16. The summed E-state index contributed by atoms with van der Waals surface area (Å²) < 4.78 is 33.0. The Kier molecular flexibility index (Phi) is 5.04. The first kappa shape index (κ1) is 17.7. The molecule has 0 aliphatic carbocycles. The van der Waals surface area contributed by atoms with Crippen molar-refractivity contribution in [2.24, 2.45) is 0 Å². The Balaban J connectivity index is 1.94. The Morgan fingerprint density at radius 1 is 1.00 bits per heavy atom. The van der Waals surface area contributed by atoms with E-state index in [1.807, 2.05) is 24.3 Å². The van der Waals surface area contributed by atoms with Crippen molar-refractivity contribution in [3.8, 4) is 0 Å². The van der Waals surface area contributed by atoms with Gasteiger partial charge in [0.05, 0.1) is 16.1 Å². The largest absolute Gasteiger partial charge is 0.458 e. The molecule has 0 saturated carbocycles. The van der Waals surface area contributed by atoms with Gasteiger partial charge in [0.1, 0.15) is 6.61 Å². The van der Waals surface area contributed by atoms with Gasteiger partial charge < -0.3 is 4.74 Å². The maximum Gasteiger partial charge on any atom is 0.340 e. The summed E-state index contributed by atoms with van der Waals surface area (Å²) in [5.74, 6) is -0.623. The maximum absolute atomic E-state index is 12.8. The van der Waals surface area contributed by atoms with E-state index in [4.69, 9.17) is 4.74 Å². The van der Waals surface area contributed by atoms with Gasteiger partial charge in [-0.2, -0.15) is 0 Å². The predicted molar refractivity (Wildman–Crippen MR) is 102 cm³/mol. The summed E-state index contributed by atoms with van der Waals surface area (Å²) in [4.78, 5) is 12.2. The fourth-order valence-electron chi connectivity index (χ4n) is 2.50. The molecule has 3 aromatic carbocycles. The van der Waals surface area contributed by atoms with E-state index in [9.17, 15) is 13.2 Å². The number of esters is 1. The number of carbonyl (C=O) groups excluding carboxylic acids is 1. The number of carbonyl (C=O) groups is 1. The minimum Gasteiger partial charge on any atom is -0.458 e. The second-order valence-corrected chi connectivity index (χ2v) is 7.23. The molecule has 0 saturated heterocycles. The van der Waals surface area contributed by atoms with Crippen LogP contribution in [-0.4, -0.2) is 21.0 Å². The zero-order valence-electron chi connectivity index (χ0n) is 13.9. The Morgan fingerprint density at radius 3 is 2.46 bits per heavy atom. The number of anilines is 1. The maximum atomic E-state index is 12.8. The third-order valence-corrected chi connectivity index (χ3v) is 5.12. The van der Waals surface area contributed by atoms with Crippen LogP contribution in [0.1, 0.15) is 10.4 Å². The van der Waals surface area contributed by atoms with Gasteiger partial charge in [-0.25, -0.2) is 13.2 Å². The van der Waals surface area contributed by atoms with Crippen molar-refractivity contribution in [1.82, 2.24) is 0 Å². The van der Waals surface area contributed by atoms with Crippen LogP contribution in [0.2, 0.25) is 0 Å². The van der Waals surface area contributed by atoms with Crippen molar-refractivity contribution in [2.45, 2.75) is 4.90 Å². The van der Waals surface area contributed by atoms with Gasteiger partial charge in [-0.05, 0) is 35.0 Å². The van der Waals surface area contributed by atoms with E-state index in [-0.39, 0.29) is 22.8 Å². The Bertz CT molecular complexity index is 1070. The molecule has 3 aromatic rings. The molecular formula is C20H17NO4S. The van der Waals surface area contributed by atoms with Gasteiger partial charge in [-0.1, -0.05) is 55.1 Å². The Labute approximate surface area is 152 Å². The molecule has 0 atom stereocenters. The molecule has 0 unspecified atom stereocenters. The van der Waals surface area contributed by atoms with Crippen molar-refractivity contribution in [2.75, 3.05) is 11.3 Å². The fourth-order valence-corrected chi connectivity index (χ4v) is 3.62. The molecule has 26 heavy (non-hydrogen) atoms. The Hall–Kier alpha value is -3.12. The second kappa shape index (κ2) is 7.41. The number of rotatable bonds is 6. The molecule has 0 amide bonds. The van der Waals surface area contributed by atoms with Crippen molar-refractivity contribution >= 4 is 32.5 Å². The van der Waals surface area contributed by atoms with E-state index < -0.39 is 16.0 Å². The minimum atomic E-state index is -3.86. The zero-order chi connectivity index (χ0) is 18.6. The van der Waals surface area contributed by atoms with Gasteiger partial charge in [0.2, 0.25) is 0 Å². The number of benzene rings is 3. The van der Waals surface area contributed by atoms with Crippen LogP contribution in [-0.2, 0) is 14.8 Å². The van der Waals surface area contributed by atoms with Crippen LogP contribution in [0.5, 0.6) is 0 Å². The van der Waals surface area contributed by atoms with Crippen LogP contribution in [0.25, 0.3) is 10.8 Å². The van der Waals surface area contributed by atoms with Gasteiger partial charge in [0.25, 0.3) is 10.0 Å². The molecule has 1 N–H and O–H groups in total. The molecule has 0 heterocycles. The number of fused-ring (bicyclic) bond motifs is 1. The topological polar surface area (TPSA) is 72.5 Å². The summed E-state index contributed by atoms with van der Waals surface area (Å²) in [5.41, 5.74) is 0.299. The van der Waals surface area contributed by atoms with Crippen LogP contribution < -0.4 is 4.72 Å². The van der Waals surface area contributed by atoms with E-state index in [1.54, 1.807) is 24.3 Å². The SMILES string of the molecule is C=CCOC(=O)c1ccccc1NS(=O)(=O)c1ccc2ccccc2c1. The lowest BCUT2D eigenvalue weighted by Gasteiger charge is -2.12. The van der Waals surface area contributed by atoms with Gasteiger partial charge in [0.15, 0.2) is 0 Å². The highest BCUT2D eigenvalue weighted by atomic mass is 32.2. The monoisotopic (exact) mass is 367 g/mol. The molecule has 0 spiro atoms. The first-order chi connectivity index (χ1) is 12.5. The summed E-state index contributed by atoms with van der Waals surface area (Å²) in [6.45, 7) is 3.53. The van der Waals surface area contributed by atoms with Gasteiger partial charge >= 0.3 is 5.97 Å². The van der Waals surface area contributed by atoms with E-state index in [2.05, 4.69) is 11.3 Å². The molecule has 0 aliphatic heterocycles. The van der Waals surface area contributed by atoms with Crippen LogP contribution >= 0.6 is 0 Å². The lowest BCUT2D eigenvalue weighted by atomic mass is 10.1. The molecule has 0 radical (unpaired) electrons. The second-order valence-electron chi connectivity index (χ2n) is 5.55. The van der Waals surface area contributed by atoms with E-state index >= 15 is 0 Å². The van der Waals surface area contributed by atoms with E-state index in [0.717, 1.165) is 10.8 Å². The standard InChI is InChI=1S/C20H17NO4S/c1-2-13-25-20(22)18-9-5-6-10-19(18)21-26(23,24)17-12-11-15-7-3-4-8-16(15)14-17/h2-12,14,21H,1,13H2. The summed E-state index contributed by atoms with van der Waals surface area (Å²) >= 11 is 0. The number of para-hydroxylation sites is 1. The zero-order valence-corrected chi connectivity index (χ0v) is 14.7. The van der Waals surface area contributed by atoms with Crippen molar-refractivity contribution in [3.05, 3.63) is 84.9 Å². The van der Waals surface area contributed by atoms with Gasteiger partial charge in [-0.15, -0.1) is 0 Å². The normalized spacial score (nSPS) is 11.1. The first-order valence-electron chi connectivity index (χ1n) is 7.90. The third kappa shape index (κ3) is 3.75. The first-order valence-corrected chi connectivity index (χ1v) is 9.38. The average Bonchev–Trinajstić information content (AvgIpc) is 2.66. The Morgan fingerprint density at radius 2 is 1.69 bits per heavy atom. The number of hydrogen-bond donors (Lipinski definition) is 1. The summed E-state index contributed by atoms with van der Waals surface area (Å²) in [5, 5.41) is 1.76. The lowest BCUT2D eigenvalue weighted by molar-refractivity contribution is 0.0551. The molecule has 0 bridgehead atoms. The molecule has 0 aliphatic rings. The summed E-state index contributed by atoms with van der Waals surface area (Å²) in [7, 11) is -3.86. The summed E-state index contributed by atoms with van der Waals surface area (Å²) in [6.07, 6.45) is 1.44. The van der Waals surface area contributed by atoms with Gasteiger partial charge in [-0.3, -0.25) is 4.72 Å². The van der Waals surface area contributed by atoms with E-state index in [1.165, 1.54) is 24.3 Å². The fraction of sp³-hybridized carbons (Fsp3) is 0.0500. The average molecular weight is 367 g/mol. The summed E-state index contributed by atoms with van der Waals surface area (Å²) in [6, 6.07) is 18.7. The highest BCUT2D eigenvalue weighted by molar-refractivity contribution is 7.92. The highest BCUT2D eigenvalue weighted by Gasteiger charge is 2.19. The quantitative estimate of drug-likeness (QED) is 0.528. The number of ether oxygens (including phenoxy) is 1. The smallest absolute Gasteiger partial charge is 0.340 e. The molecule has 0 aromatic heterocycles. The molecule has 0 fully saturated rings. The number of nitrogens with one attached hydrogen (secondary N) is 1. The third-order valence-electron chi connectivity index (χ3n) is 3.75. The van der Waals surface area contributed by atoms with Crippen molar-refractivity contribution in [1.29, 1.82) is 0 Å². The van der Waals surface area contributed by atoms with Crippen LogP contribution in [0.4, 0.5) is 5.69 Å². The van der Waals surface area contributed by atoms with Gasteiger partial charge in [0, 0.05) is 0 Å². The minimum absolute atomic E-state index is 0.0462. The highest BCUT2D eigenvalue weighted by Crippen LogP contribution is 2.23. The van der Waals surface area contributed by atoms with Crippen LogP contribution in [0.15, 0.2) is 84.3 Å². The molecule has 132 valence electrons. The van der Waals surface area contributed by atoms with Crippen LogP contribution in [0.3, 0.4) is 0 Å². The number of sulfonamides is 1. The van der Waals surface area contributed by atoms with Crippen molar-refractivity contribution < 1.29 is 17.9 Å². The molecule has 3 rings (SSSR count).